The van der Waals surface area contributed by atoms with Crippen LogP contribution in [0.4, 0.5) is 8.78 Å². The van der Waals surface area contributed by atoms with E-state index in [4.69, 9.17) is 0 Å². The Balaban J connectivity index is 1.45. The fourth-order valence-electron chi connectivity index (χ4n) is 3.23. The molecule has 0 amide bonds. The molecule has 5 nitrogen and oxygen atoms in total. The predicted molar refractivity (Wildman–Crippen MR) is 90.8 cm³/mol. The molecule has 2 aliphatic rings. The first kappa shape index (κ1) is 15.3. The van der Waals surface area contributed by atoms with E-state index in [1.165, 1.54) is 24.6 Å². The number of hydrogen-bond donors (Lipinski definition) is 0. The van der Waals surface area contributed by atoms with E-state index < -0.39 is 6.55 Å². The highest BCUT2D eigenvalue weighted by Gasteiger charge is 2.36. The molecule has 0 bridgehead atoms. The molecule has 2 fully saturated rings. The maximum atomic E-state index is 13.5. The summed E-state index contributed by atoms with van der Waals surface area (Å²) in [5, 5.41) is 9.53. The highest BCUT2D eigenvalue weighted by Crippen LogP contribution is 2.46. The third-order valence-corrected chi connectivity index (χ3v) is 5.68. The third-order valence-electron chi connectivity index (χ3n) is 4.74. The Morgan fingerprint density at radius 3 is 2.64 bits per heavy atom. The molecule has 5 rings (SSSR count). The van der Waals surface area contributed by atoms with Gasteiger partial charge in [0.25, 0.3) is 0 Å². The molecule has 2 saturated carbocycles. The van der Waals surface area contributed by atoms with Gasteiger partial charge < -0.3 is 4.57 Å². The van der Waals surface area contributed by atoms with Gasteiger partial charge in [0.15, 0.2) is 5.16 Å². The lowest BCUT2D eigenvalue weighted by atomic mass is 10.3. The molecule has 2 heterocycles. The Hall–Kier alpha value is -1.96. The summed E-state index contributed by atoms with van der Waals surface area (Å²) >= 11 is 1.45. The first-order chi connectivity index (χ1) is 12.2. The molecule has 8 heteroatoms. The number of benzene rings is 1. The molecule has 0 aliphatic heterocycles. The zero-order valence-electron chi connectivity index (χ0n) is 13.5. The Morgan fingerprint density at radius 1 is 1.12 bits per heavy atom. The van der Waals surface area contributed by atoms with Gasteiger partial charge >= 0.3 is 6.55 Å². The summed E-state index contributed by atoms with van der Waals surface area (Å²) in [7, 11) is 0. The Morgan fingerprint density at radius 2 is 1.92 bits per heavy atom. The van der Waals surface area contributed by atoms with E-state index in [0.29, 0.717) is 34.6 Å². The number of halogens is 2. The second kappa shape index (κ2) is 5.79. The van der Waals surface area contributed by atoms with Gasteiger partial charge in [0.2, 0.25) is 0 Å². The van der Waals surface area contributed by atoms with Gasteiger partial charge in [-0.05, 0) is 37.8 Å². The van der Waals surface area contributed by atoms with Crippen LogP contribution in [-0.2, 0) is 5.75 Å². The van der Waals surface area contributed by atoms with E-state index in [1.54, 1.807) is 18.2 Å². The van der Waals surface area contributed by atoms with Gasteiger partial charge in [-0.3, -0.25) is 4.57 Å². The Bertz CT molecular complexity index is 926. The standard InChI is InChI=1S/C17H17F2N5S/c18-16(19)24-13-4-2-1-3-12(13)20-14(24)9-25-17-22-21-15(10-5-6-10)23(17)11-7-8-11/h1-4,10-11,16H,5-9H2. The topological polar surface area (TPSA) is 48.5 Å². The van der Waals surface area contributed by atoms with E-state index in [-0.39, 0.29) is 0 Å². The van der Waals surface area contributed by atoms with Gasteiger partial charge in [-0.25, -0.2) is 4.98 Å². The van der Waals surface area contributed by atoms with Gasteiger partial charge in [0.05, 0.1) is 16.8 Å². The highest BCUT2D eigenvalue weighted by molar-refractivity contribution is 7.98. The summed E-state index contributed by atoms with van der Waals surface area (Å²) in [5.41, 5.74) is 1.07. The molecule has 0 atom stereocenters. The zero-order valence-corrected chi connectivity index (χ0v) is 14.3. The second-order valence-electron chi connectivity index (χ2n) is 6.67. The Labute approximate surface area is 147 Å². The van der Waals surface area contributed by atoms with Gasteiger partial charge in [0.1, 0.15) is 11.6 Å². The van der Waals surface area contributed by atoms with Crippen LogP contribution in [0.2, 0.25) is 0 Å². The number of rotatable bonds is 6. The number of imidazole rings is 1. The van der Waals surface area contributed by atoms with Crippen LogP contribution in [0.1, 0.15) is 55.8 Å². The van der Waals surface area contributed by atoms with Crippen molar-refractivity contribution in [3.05, 3.63) is 35.9 Å². The number of nitrogens with zero attached hydrogens (tertiary/aromatic N) is 5. The number of alkyl halides is 2. The lowest BCUT2D eigenvalue weighted by Gasteiger charge is -2.09. The summed E-state index contributed by atoms with van der Waals surface area (Å²) in [4.78, 5) is 4.40. The molecule has 0 unspecified atom stereocenters. The van der Waals surface area contributed by atoms with Gasteiger partial charge in [0, 0.05) is 12.0 Å². The van der Waals surface area contributed by atoms with Crippen molar-refractivity contribution in [3.63, 3.8) is 0 Å². The first-order valence-electron chi connectivity index (χ1n) is 8.54. The summed E-state index contributed by atoms with van der Waals surface area (Å²) in [6.45, 7) is -2.61. The van der Waals surface area contributed by atoms with Crippen LogP contribution in [0.3, 0.4) is 0 Å². The van der Waals surface area contributed by atoms with E-state index in [0.717, 1.165) is 28.4 Å². The summed E-state index contributed by atoms with van der Waals surface area (Å²) in [6.07, 6.45) is 4.66. The van der Waals surface area contributed by atoms with E-state index in [9.17, 15) is 8.78 Å². The van der Waals surface area contributed by atoms with Crippen molar-refractivity contribution in [3.8, 4) is 0 Å². The fourth-order valence-corrected chi connectivity index (χ4v) is 4.17. The van der Waals surface area contributed by atoms with Crippen molar-refractivity contribution < 1.29 is 8.78 Å². The van der Waals surface area contributed by atoms with Crippen LogP contribution in [0, 0.1) is 0 Å². The van der Waals surface area contributed by atoms with Crippen LogP contribution >= 0.6 is 11.8 Å². The molecule has 0 spiro atoms. The second-order valence-corrected chi connectivity index (χ2v) is 7.61. The van der Waals surface area contributed by atoms with Crippen molar-refractivity contribution in [2.24, 2.45) is 0 Å². The third kappa shape index (κ3) is 2.72. The zero-order chi connectivity index (χ0) is 17.0. The lowest BCUT2D eigenvalue weighted by molar-refractivity contribution is 0.0722. The molecule has 2 aromatic heterocycles. The van der Waals surface area contributed by atoms with Gasteiger partial charge in [-0.2, -0.15) is 8.78 Å². The Kier molecular flexibility index (Phi) is 3.55. The van der Waals surface area contributed by atoms with Crippen molar-refractivity contribution in [1.82, 2.24) is 24.3 Å². The highest BCUT2D eigenvalue weighted by atomic mass is 32.2. The fraction of sp³-hybridized carbons (Fsp3) is 0.471. The number of thioether (sulfide) groups is 1. The van der Waals surface area contributed by atoms with Crippen LogP contribution in [0.25, 0.3) is 11.0 Å². The van der Waals surface area contributed by atoms with E-state index in [1.807, 2.05) is 6.07 Å². The van der Waals surface area contributed by atoms with Crippen LogP contribution in [0.15, 0.2) is 29.4 Å². The minimum absolute atomic E-state index is 0.356. The summed E-state index contributed by atoms with van der Waals surface area (Å²) in [6, 6.07) is 7.50. The smallest absolute Gasteiger partial charge is 0.303 e. The minimum Gasteiger partial charge on any atom is -0.303 e. The van der Waals surface area contributed by atoms with Crippen molar-refractivity contribution in [1.29, 1.82) is 0 Å². The van der Waals surface area contributed by atoms with Crippen molar-refractivity contribution >= 4 is 22.8 Å². The molecule has 3 aromatic rings. The average Bonchev–Trinajstić information content (AvgIpc) is 3.53. The molecule has 2 aliphatic carbocycles. The van der Waals surface area contributed by atoms with Gasteiger partial charge in [-0.15, -0.1) is 10.2 Å². The summed E-state index contributed by atoms with van der Waals surface area (Å²) in [5.74, 6) is 2.34. The first-order valence-corrected chi connectivity index (χ1v) is 9.52. The summed E-state index contributed by atoms with van der Waals surface area (Å²) < 4.78 is 30.3. The van der Waals surface area contributed by atoms with Crippen LogP contribution < -0.4 is 0 Å². The number of hydrogen-bond acceptors (Lipinski definition) is 4. The maximum absolute atomic E-state index is 13.5. The van der Waals surface area contributed by atoms with E-state index in [2.05, 4.69) is 19.7 Å². The van der Waals surface area contributed by atoms with Gasteiger partial charge in [-0.1, -0.05) is 23.9 Å². The number of fused-ring (bicyclic) bond motifs is 1. The number of para-hydroxylation sites is 2. The van der Waals surface area contributed by atoms with Crippen LogP contribution in [0.5, 0.6) is 0 Å². The molecule has 25 heavy (non-hydrogen) atoms. The minimum atomic E-state index is -2.61. The lowest BCUT2D eigenvalue weighted by Crippen LogP contribution is -2.05. The maximum Gasteiger partial charge on any atom is 0.320 e. The molecule has 1 aromatic carbocycles. The molecule has 0 radical (unpaired) electrons. The predicted octanol–water partition coefficient (Wildman–Crippen LogP) is 4.53. The van der Waals surface area contributed by atoms with E-state index >= 15 is 0 Å². The molecule has 0 saturated heterocycles. The van der Waals surface area contributed by atoms with Crippen LogP contribution in [-0.4, -0.2) is 24.3 Å². The monoisotopic (exact) mass is 361 g/mol. The van der Waals surface area contributed by atoms with Crippen molar-refractivity contribution in [2.75, 3.05) is 0 Å². The largest absolute Gasteiger partial charge is 0.320 e. The van der Waals surface area contributed by atoms with Crippen molar-refractivity contribution in [2.45, 2.75) is 55.1 Å². The SMILES string of the molecule is FC(F)n1c(CSc2nnc(C3CC3)n2C2CC2)nc2ccccc21. The molecular formula is C17H17F2N5S. The quantitative estimate of drug-likeness (QED) is 0.605. The number of aromatic nitrogens is 5. The molecule has 0 N–H and O–H groups in total. The molecular weight excluding hydrogens is 344 g/mol. The average molecular weight is 361 g/mol. The molecule has 130 valence electrons. The normalized spacial score (nSPS) is 17.7.